The molecule has 0 amide bonds. The summed E-state index contributed by atoms with van der Waals surface area (Å²) in [5, 5.41) is 3.74. The topological polar surface area (TPSA) is 14.1 Å². The molecule has 0 bridgehead atoms. The number of nitrogens with zero attached hydrogens (tertiary/aromatic N) is 1. The van der Waals surface area contributed by atoms with Crippen LogP contribution in [0.3, 0.4) is 0 Å². The molecular formula is C5H10N. The summed E-state index contributed by atoms with van der Waals surface area (Å²) in [6.45, 7) is 2.08. The van der Waals surface area contributed by atoms with Crippen LogP contribution in [0.1, 0.15) is 13.3 Å². The molecule has 0 unspecified atom stereocenters. The van der Waals surface area contributed by atoms with E-state index in [2.05, 4.69) is 12.2 Å². The van der Waals surface area contributed by atoms with Gasteiger partial charge in [-0.05, 0) is 6.42 Å². The van der Waals surface area contributed by atoms with E-state index in [4.69, 9.17) is 0 Å². The summed E-state index contributed by atoms with van der Waals surface area (Å²) >= 11 is 0. The van der Waals surface area contributed by atoms with Crippen LogP contribution >= 0.6 is 0 Å². The molecule has 0 N–H and O–H groups in total. The van der Waals surface area contributed by atoms with Gasteiger partial charge in [0.2, 0.25) is 0 Å². The van der Waals surface area contributed by atoms with Crippen molar-refractivity contribution in [3.63, 3.8) is 0 Å². The Kier molecular flexibility index (Phi) is 4.19. The fourth-order valence-electron chi connectivity index (χ4n) is 0.211. The molecular weight excluding hydrogens is 74.1 g/mol. The zero-order chi connectivity index (χ0) is 4.83. The lowest BCUT2D eigenvalue weighted by atomic mass is 10.5. The van der Waals surface area contributed by atoms with E-state index in [1.165, 1.54) is 0 Å². The van der Waals surface area contributed by atoms with E-state index >= 15 is 0 Å². The molecule has 0 fully saturated rings. The number of rotatable bonds is 2. The first kappa shape index (κ1) is 5.54. The Morgan fingerprint density at radius 1 is 1.67 bits per heavy atom. The largest absolute Gasteiger partial charge is 0.297 e. The molecule has 0 rings (SSSR count). The van der Waals surface area contributed by atoms with Gasteiger partial charge in [-0.25, -0.2) is 0 Å². The van der Waals surface area contributed by atoms with Gasteiger partial charge in [0.25, 0.3) is 0 Å². The molecule has 0 aromatic heterocycles. The lowest BCUT2D eigenvalue weighted by molar-refractivity contribution is 1.05. The van der Waals surface area contributed by atoms with E-state index in [0.29, 0.717) is 0 Å². The van der Waals surface area contributed by atoms with Gasteiger partial charge in [-0.1, -0.05) is 13.0 Å². The fraction of sp³-hybridized carbons (Fsp3) is 0.600. The van der Waals surface area contributed by atoms with Crippen molar-refractivity contribution in [3.05, 3.63) is 12.3 Å². The van der Waals surface area contributed by atoms with E-state index in [1.807, 2.05) is 6.08 Å². The Bertz CT molecular complexity index is 33.2. The molecule has 0 heterocycles. The van der Waals surface area contributed by atoms with Crippen LogP contribution in [-0.4, -0.2) is 7.05 Å². The maximum absolute atomic E-state index is 3.74. The zero-order valence-electron chi connectivity index (χ0n) is 4.31. The maximum atomic E-state index is 3.74. The van der Waals surface area contributed by atoms with E-state index < -0.39 is 0 Å². The average molecular weight is 84.1 g/mol. The van der Waals surface area contributed by atoms with E-state index in [0.717, 1.165) is 6.42 Å². The summed E-state index contributed by atoms with van der Waals surface area (Å²) in [5.41, 5.74) is 0. The fourth-order valence-corrected chi connectivity index (χ4v) is 0.211. The van der Waals surface area contributed by atoms with Crippen molar-refractivity contribution in [1.82, 2.24) is 5.32 Å². The smallest absolute Gasteiger partial charge is 0.0276 e. The highest BCUT2D eigenvalue weighted by molar-refractivity contribution is 4.74. The van der Waals surface area contributed by atoms with Crippen LogP contribution < -0.4 is 5.32 Å². The van der Waals surface area contributed by atoms with Gasteiger partial charge in [-0.15, -0.1) is 0 Å². The molecule has 35 valence electrons. The highest BCUT2D eigenvalue weighted by atomic mass is 14.8. The van der Waals surface area contributed by atoms with Gasteiger partial charge >= 0.3 is 0 Å². The van der Waals surface area contributed by atoms with E-state index in [-0.39, 0.29) is 0 Å². The Morgan fingerprint density at radius 3 is 2.50 bits per heavy atom. The first-order valence-electron chi connectivity index (χ1n) is 2.15. The van der Waals surface area contributed by atoms with E-state index in [9.17, 15) is 0 Å². The van der Waals surface area contributed by atoms with Crippen LogP contribution in [0.4, 0.5) is 0 Å². The maximum Gasteiger partial charge on any atom is 0.0276 e. The normalized spacial score (nSPS) is 9.67. The third-order valence-corrected chi connectivity index (χ3v) is 0.490. The van der Waals surface area contributed by atoms with Gasteiger partial charge in [0.1, 0.15) is 0 Å². The predicted octanol–water partition coefficient (Wildman–Crippen LogP) is 1.14. The standard InChI is InChI=1S/C5H10N/c1-3-4-5-6-2/h4-5H,3H2,1-2H3/b5-4+. The number of hydrogen-bond donors (Lipinski definition) is 0. The molecule has 0 aliphatic rings. The molecule has 1 heteroatoms. The first-order valence-corrected chi connectivity index (χ1v) is 2.15. The Morgan fingerprint density at radius 2 is 2.33 bits per heavy atom. The van der Waals surface area contributed by atoms with Gasteiger partial charge in [0, 0.05) is 13.2 Å². The monoisotopic (exact) mass is 84.1 g/mol. The average Bonchev–Trinajstić information content (AvgIpc) is 1.61. The summed E-state index contributed by atoms with van der Waals surface area (Å²) in [4.78, 5) is 0. The first-order chi connectivity index (χ1) is 2.91. The molecule has 0 aromatic rings. The minimum absolute atomic E-state index is 1.08. The number of allylic oxidation sites excluding steroid dienone is 1. The van der Waals surface area contributed by atoms with Crippen molar-refractivity contribution >= 4 is 0 Å². The van der Waals surface area contributed by atoms with Crippen molar-refractivity contribution in [1.29, 1.82) is 0 Å². The molecule has 0 saturated heterocycles. The summed E-state index contributed by atoms with van der Waals surface area (Å²) in [6, 6.07) is 0. The molecule has 0 aliphatic carbocycles. The summed E-state index contributed by atoms with van der Waals surface area (Å²) in [6.07, 6.45) is 4.90. The minimum Gasteiger partial charge on any atom is -0.297 e. The lowest BCUT2D eigenvalue weighted by Crippen LogP contribution is -1.77. The second-order valence-electron chi connectivity index (χ2n) is 1.05. The molecule has 1 nitrogen and oxygen atoms in total. The minimum atomic E-state index is 1.08. The second-order valence-corrected chi connectivity index (χ2v) is 1.05. The van der Waals surface area contributed by atoms with Crippen LogP contribution in [0, 0.1) is 0 Å². The molecule has 0 saturated carbocycles. The van der Waals surface area contributed by atoms with Gasteiger partial charge < -0.3 is 0 Å². The Balaban J connectivity index is 2.73. The van der Waals surface area contributed by atoms with Crippen molar-refractivity contribution < 1.29 is 0 Å². The van der Waals surface area contributed by atoms with Gasteiger partial charge in [0.15, 0.2) is 0 Å². The quantitative estimate of drug-likeness (QED) is 0.476. The third kappa shape index (κ3) is 3.54. The van der Waals surface area contributed by atoms with Gasteiger partial charge in [0.05, 0.1) is 0 Å². The van der Waals surface area contributed by atoms with Crippen LogP contribution in [0.5, 0.6) is 0 Å². The zero-order valence-corrected chi connectivity index (χ0v) is 4.31. The van der Waals surface area contributed by atoms with Crippen LogP contribution in [0.15, 0.2) is 12.3 Å². The van der Waals surface area contributed by atoms with Crippen LogP contribution in [0.25, 0.3) is 0 Å². The van der Waals surface area contributed by atoms with Gasteiger partial charge in [-0.3, -0.25) is 5.32 Å². The third-order valence-electron chi connectivity index (χ3n) is 0.490. The van der Waals surface area contributed by atoms with E-state index in [1.54, 1.807) is 13.2 Å². The molecule has 0 spiro atoms. The summed E-state index contributed by atoms with van der Waals surface area (Å²) < 4.78 is 0. The molecule has 1 radical (unpaired) electrons. The summed E-state index contributed by atoms with van der Waals surface area (Å²) in [5.74, 6) is 0. The highest BCUT2D eigenvalue weighted by Gasteiger charge is 1.59. The van der Waals surface area contributed by atoms with Crippen molar-refractivity contribution in [2.75, 3.05) is 7.05 Å². The van der Waals surface area contributed by atoms with Gasteiger partial charge in [-0.2, -0.15) is 0 Å². The molecule has 6 heavy (non-hydrogen) atoms. The molecule has 0 atom stereocenters. The Hall–Kier alpha value is -0.460. The second kappa shape index (κ2) is 4.54. The SMILES string of the molecule is CC/C=C/[N]C. The molecule has 0 aliphatic heterocycles. The van der Waals surface area contributed by atoms with Crippen molar-refractivity contribution in [2.24, 2.45) is 0 Å². The highest BCUT2D eigenvalue weighted by Crippen LogP contribution is 1.73. The predicted molar refractivity (Wildman–Crippen MR) is 27.5 cm³/mol. The molecule has 0 aromatic carbocycles. The lowest BCUT2D eigenvalue weighted by Gasteiger charge is -1.75. The summed E-state index contributed by atoms with van der Waals surface area (Å²) in [7, 11) is 1.77. The van der Waals surface area contributed by atoms with Crippen molar-refractivity contribution in [3.8, 4) is 0 Å². The number of hydrogen-bond acceptors (Lipinski definition) is 0. The van der Waals surface area contributed by atoms with Crippen LogP contribution in [0.2, 0.25) is 0 Å². The van der Waals surface area contributed by atoms with Crippen molar-refractivity contribution in [2.45, 2.75) is 13.3 Å². The van der Waals surface area contributed by atoms with Crippen LogP contribution in [-0.2, 0) is 0 Å². The Labute approximate surface area is 39.1 Å².